The molecule has 1 aliphatic rings. The summed E-state index contributed by atoms with van der Waals surface area (Å²) in [5.74, 6) is 0.0963. The monoisotopic (exact) mass is 637 g/mol. The number of carbonyl (C=O) groups excluding carboxylic acids is 1. The molecule has 0 aliphatic carbocycles. The first-order chi connectivity index (χ1) is 19.2. The highest BCUT2D eigenvalue weighted by Gasteiger charge is 2.13. The molecular weight excluding hydrogens is 612 g/mol. The molecule has 0 atom stereocenters. The molecule has 2 heterocycles. The van der Waals surface area contributed by atoms with Crippen molar-refractivity contribution in [3.63, 3.8) is 0 Å². The Hall–Kier alpha value is -2.67. The molecule has 0 spiro atoms. The number of nitrogens with zero attached hydrogens (tertiary/aromatic N) is 4. The Morgan fingerprint density at radius 2 is 1.75 bits per heavy atom. The number of piperidine rings is 1. The minimum Gasteiger partial charge on any atom is -0.465 e. The molecule has 210 valence electrons. The fourth-order valence-corrected chi connectivity index (χ4v) is 5.43. The van der Waals surface area contributed by atoms with Gasteiger partial charge in [-0.2, -0.15) is 5.26 Å². The molecule has 0 saturated carbocycles. The quantitative estimate of drug-likeness (QED) is 0.120. The molecule has 1 aliphatic heterocycles. The number of benzene rings is 2. The predicted octanol–water partition coefficient (Wildman–Crippen LogP) is 8.03. The van der Waals surface area contributed by atoms with Crippen molar-refractivity contribution in [1.29, 1.82) is 5.26 Å². The van der Waals surface area contributed by atoms with Gasteiger partial charge in [-0.15, -0.1) is 0 Å². The molecule has 4 rings (SSSR count). The van der Waals surface area contributed by atoms with Crippen LogP contribution in [-0.4, -0.2) is 46.3 Å². The van der Waals surface area contributed by atoms with Gasteiger partial charge in [0.1, 0.15) is 11.9 Å². The summed E-state index contributed by atoms with van der Waals surface area (Å²) in [4.78, 5) is 21.9. The number of ether oxygens (including phenoxy) is 1. The Bertz CT molecular complexity index is 1410. The molecule has 1 saturated heterocycles. The number of rotatable bonds is 7. The van der Waals surface area contributed by atoms with E-state index in [9.17, 15) is 10.1 Å². The highest BCUT2D eigenvalue weighted by Crippen LogP contribution is 2.33. The Morgan fingerprint density at radius 1 is 1.07 bits per heavy atom. The van der Waals surface area contributed by atoms with Gasteiger partial charge in [-0.3, -0.25) is 4.79 Å². The highest BCUT2D eigenvalue weighted by atomic mass is 35.5. The van der Waals surface area contributed by atoms with Crippen LogP contribution in [0.5, 0.6) is 0 Å². The number of allylic oxidation sites excluding steroid dienone is 1. The third-order valence-corrected chi connectivity index (χ3v) is 7.62. The summed E-state index contributed by atoms with van der Waals surface area (Å²) in [5.41, 5.74) is 8.61. The van der Waals surface area contributed by atoms with Crippen molar-refractivity contribution in [1.82, 2.24) is 14.9 Å². The fourth-order valence-electron chi connectivity index (χ4n) is 3.79. The van der Waals surface area contributed by atoms with Crippen molar-refractivity contribution < 1.29 is 9.53 Å². The van der Waals surface area contributed by atoms with E-state index in [-0.39, 0.29) is 17.5 Å². The van der Waals surface area contributed by atoms with Gasteiger partial charge in [0.2, 0.25) is 0 Å². The number of esters is 1. The van der Waals surface area contributed by atoms with Crippen LogP contribution in [0.25, 0.3) is 16.7 Å². The molecule has 12 heteroatoms. The van der Waals surface area contributed by atoms with Crippen LogP contribution >= 0.6 is 58.2 Å². The van der Waals surface area contributed by atoms with Gasteiger partial charge in [-0.05, 0) is 50.5 Å². The smallest absolute Gasteiger partial charge is 0.316 e. The van der Waals surface area contributed by atoms with E-state index in [1.165, 1.54) is 19.3 Å². The van der Waals surface area contributed by atoms with Crippen molar-refractivity contribution >= 4 is 75.5 Å². The Labute approximate surface area is 258 Å². The second-order valence-electron chi connectivity index (χ2n) is 8.54. The maximum absolute atomic E-state index is 11.3. The van der Waals surface area contributed by atoms with Gasteiger partial charge >= 0.3 is 5.97 Å². The lowest BCUT2D eigenvalue weighted by Crippen LogP contribution is -2.24. The molecule has 0 amide bonds. The normalized spacial score (nSPS) is 13.2. The van der Waals surface area contributed by atoms with Crippen molar-refractivity contribution in [2.24, 2.45) is 0 Å². The zero-order chi connectivity index (χ0) is 29.1. The van der Waals surface area contributed by atoms with E-state index in [1.807, 2.05) is 6.20 Å². The average Bonchev–Trinajstić information content (AvgIpc) is 2.93. The lowest BCUT2D eigenvalue weighted by Gasteiger charge is -2.25. The van der Waals surface area contributed by atoms with E-state index < -0.39 is 0 Å². The molecule has 0 unspecified atom stereocenters. The van der Waals surface area contributed by atoms with Gasteiger partial charge in [-0.25, -0.2) is 9.97 Å². The lowest BCUT2D eigenvalue weighted by molar-refractivity contribution is -0.139. The van der Waals surface area contributed by atoms with Crippen molar-refractivity contribution in [2.75, 3.05) is 31.2 Å². The van der Waals surface area contributed by atoms with Crippen molar-refractivity contribution in [3.8, 4) is 17.2 Å². The average molecular weight is 639 g/mol. The fraction of sp³-hybridized carbons (Fsp3) is 0.286. The summed E-state index contributed by atoms with van der Waals surface area (Å²) in [5, 5.41) is 11.8. The van der Waals surface area contributed by atoms with E-state index in [2.05, 4.69) is 20.9 Å². The summed E-state index contributed by atoms with van der Waals surface area (Å²) in [6, 6.07) is 12.5. The molecule has 1 fully saturated rings. The molecule has 40 heavy (non-hydrogen) atoms. The number of thioether (sulfide) groups is 1. The lowest BCUT2D eigenvalue weighted by atomic mass is 10.1. The third kappa shape index (κ3) is 9.46. The van der Waals surface area contributed by atoms with Crippen LogP contribution in [0.1, 0.15) is 31.7 Å². The van der Waals surface area contributed by atoms with Crippen LogP contribution in [0.2, 0.25) is 20.1 Å². The van der Waals surface area contributed by atoms with E-state index in [4.69, 9.17) is 56.9 Å². The highest BCUT2D eigenvalue weighted by molar-refractivity contribution is 7.99. The first-order valence-electron chi connectivity index (χ1n) is 12.4. The third-order valence-electron chi connectivity index (χ3n) is 5.69. The Morgan fingerprint density at radius 3 is 2.35 bits per heavy atom. The zero-order valence-corrected chi connectivity index (χ0v) is 25.5. The number of nitriles is 1. The number of nitrogen functional groups attached to an aromatic ring is 1. The number of carbonyl (C=O) groups is 1. The largest absolute Gasteiger partial charge is 0.465 e. The number of nitrogens with two attached hydrogens (primary N) is 1. The summed E-state index contributed by atoms with van der Waals surface area (Å²) >= 11 is 25.2. The molecule has 0 radical (unpaired) electrons. The number of aromatic nitrogens is 2. The molecule has 3 aromatic rings. The van der Waals surface area contributed by atoms with Gasteiger partial charge < -0.3 is 15.4 Å². The van der Waals surface area contributed by atoms with Crippen LogP contribution in [0, 0.1) is 11.3 Å². The Balaban J connectivity index is 0.000000225. The van der Waals surface area contributed by atoms with E-state index in [1.54, 1.807) is 49.5 Å². The second kappa shape index (κ2) is 15.9. The van der Waals surface area contributed by atoms with Crippen LogP contribution in [0.15, 0.2) is 54.0 Å². The first kappa shape index (κ1) is 31.9. The van der Waals surface area contributed by atoms with E-state index in [0.29, 0.717) is 48.6 Å². The van der Waals surface area contributed by atoms with Crippen molar-refractivity contribution in [3.05, 3.63) is 74.4 Å². The van der Waals surface area contributed by atoms with Gasteiger partial charge in [-0.1, -0.05) is 70.3 Å². The SMILES string of the molecule is CCOC(=O)CSc1ncc(-c2ccc(Cl)cc2Cl)c(N)n1.N#CC(=CN1CCCCC1)c1ccc(Cl)cc1Cl. The van der Waals surface area contributed by atoms with Crippen LogP contribution in [0.3, 0.4) is 0 Å². The second-order valence-corrected chi connectivity index (χ2v) is 11.2. The molecule has 2 N–H and O–H groups in total. The molecular formula is C28H27Cl4N5O2S. The number of anilines is 1. The first-order valence-corrected chi connectivity index (χ1v) is 14.9. The van der Waals surface area contributed by atoms with Gasteiger partial charge in [0.25, 0.3) is 0 Å². The number of hydrogen-bond donors (Lipinski definition) is 1. The van der Waals surface area contributed by atoms with Gasteiger partial charge in [0.05, 0.1) is 28.0 Å². The number of likely N-dealkylation sites (tertiary alicyclic amines) is 1. The zero-order valence-electron chi connectivity index (χ0n) is 21.7. The molecule has 7 nitrogen and oxygen atoms in total. The summed E-state index contributed by atoms with van der Waals surface area (Å²) < 4.78 is 4.84. The molecule has 1 aromatic heterocycles. The van der Waals surface area contributed by atoms with E-state index >= 15 is 0 Å². The summed E-state index contributed by atoms with van der Waals surface area (Å²) in [6.45, 7) is 4.12. The topological polar surface area (TPSA) is 105 Å². The van der Waals surface area contributed by atoms with Crippen LogP contribution in [0.4, 0.5) is 5.82 Å². The van der Waals surface area contributed by atoms with Crippen LogP contribution < -0.4 is 5.73 Å². The number of halogens is 4. The Kier molecular flexibility index (Phi) is 12.7. The summed E-state index contributed by atoms with van der Waals surface area (Å²) in [7, 11) is 0. The summed E-state index contributed by atoms with van der Waals surface area (Å²) in [6.07, 6.45) is 7.13. The minimum atomic E-state index is -0.320. The number of hydrogen-bond acceptors (Lipinski definition) is 8. The maximum Gasteiger partial charge on any atom is 0.316 e. The minimum absolute atomic E-state index is 0.133. The molecule has 0 bridgehead atoms. The van der Waals surface area contributed by atoms with E-state index in [0.717, 1.165) is 30.4 Å². The maximum atomic E-state index is 11.3. The van der Waals surface area contributed by atoms with Gasteiger partial charge in [0.15, 0.2) is 5.16 Å². The van der Waals surface area contributed by atoms with Gasteiger partial charge in [0, 0.05) is 52.2 Å². The van der Waals surface area contributed by atoms with Crippen LogP contribution in [-0.2, 0) is 9.53 Å². The predicted molar refractivity (Wildman–Crippen MR) is 165 cm³/mol. The van der Waals surface area contributed by atoms with Crippen molar-refractivity contribution in [2.45, 2.75) is 31.3 Å². The molecule has 2 aromatic carbocycles. The standard InChI is InChI=1S/C14H13Cl2N3O2S.C14H14Cl2N2/c1-2-21-12(20)7-22-14-18-6-10(13(17)19-14)9-4-3-8(15)5-11(9)16;15-12-4-5-13(14(16)8-12)11(9-17)10-18-6-2-1-3-7-18/h3-6H,2,7H2,1H3,(H2,17,18,19);4-5,8,10H,1-3,6-7H2.